The molecule has 0 fully saturated rings. The van der Waals surface area contributed by atoms with Gasteiger partial charge in [-0.1, -0.05) is 54.6 Å². The van der Waals surface area contributed by atoms with Crippen LogP contribution in [0.4, 0.5) is 17.1 Å². The van der Waals surface area contributed by atoms with Crippen LogP contribution in [0.15, 0.2) is 103 Å². The van der Waals surface area contributed by atoms with Crippen LogP contribution in [-0.2, 0) is 9.59 Å². The molecule has 7 heteroatoms. The van der Waals surface area contributed by atoms with E-state index in [4.69, 9.17) is 0 Å². The third-order valence-electron chi connectivity index (χ3n) is 5.91. The molecule has 0 bridgehead atoms. The number of amides is 2. The highest BCUT2D eigenvalue weighted by molar-refractivity contribution is 6.47. The lowest BCUT2D eigenvalue weighted by atomic mass is 10.0. The molecule has 7 nitrogen and oxygen atoms in total. The molecule has 1 aliphatic rings. The molecule has 1 aliphatic heterocycles. The summed E-state index contributed by atoms with van der Waals surface area (Å²) < 4.78 is 0. The summed E-state index contributed by atoms with van der Waals surface area (Å²) in [5.74, 6) is -0.936. The maximum atomic E-state index is 13.8. The Balaban J connectivity index is 1.69. The predicted octanol–water partition coefficient (Wildman–Crippen LogP) is 5.17. The molecule has 5 rings (SSSR count). The zero-order valence-corrected chi connectivity index (χ0v) is 18.2. The summed E-state index contributed by atoms with van der Waals surface area (Å²) >= 11 is 0. The highest BCUT2D eigenvalue weighted by Gasteiger charge is 2.42. The average Bonchev–Trinajstić information content (AvgIpc) is 3.13. The number of para-hydroxylation sites is 1. The van der Waals surface area contributed by atoms with E-state index in [1.165, 1.54) is 29.2 Å². The molecular weight excluding hydrogens is 430 g/mol. The van der Waals surface area contributed by atoms with Crippen LogP contribution in [0.2, 0.25) is 0 Å². The first-order chi connectivity index (χ1) is 16.5. The van der Waals surface area contributed by atoms with E-state index in [1.54, 1.807) is 18.0 Å². The molecule has 0 aromatic heterocycles. The van der Waals surface area contributed by atoms with Gasteiger partial charge in [0, 0.05) is 30.3 Å². The molecule has 0 atom stereocenters. The molecule has 0 unspecified atom stereocenters. The second-order valence-corrected chi connectivity index (χ2v) is 7.87. The van der Waals surface area contributed by atoms with Crippen molar-refractivity contribution in [1.29, 1.82) is 0 Å². The van der Waals surface area contributed by atoms with Gasteiger partial charge in [0.15, 0.2) is 0 Å². The number of imide groups is 1. The molecule has 2 amide bonds. The minimum absolute atomic E-state index is 0.0926. The van der Waals surface area contributed by atoms with E-state index in [2.05, 4.69) is 0 Å². The molecule has 4 aromatic carbocycles. The molecular formula is C27H19N3O4. The number of fused-ring (bicyclic) bond motifs is 1. The average molecular weight is 449 g/mol. The van der Waals surface area contributed by atoms with Crippen molar-refractivity contribution in [3.8, 4) is 0 Å². The molecule has 0 spiro atoms. The minimum atomic E-state index is -0.501. The Labute approximate surface area is 195 Å². The van der Waals surface area contributed by atoms with Crippen molar-refractivity contribution in [3.63, 3.8) is 0 Å². The number of carbonyl (C=O) groups is 2. The summed E-state index contributed by atoms with van der Waals surface area (Å²) in [7, 11) is 1.73. The van der Waals surface area contributed by atoms with E-state index in [0.717, 1.165) is 16.5 Å². The molecule has 4 aromatic rings. The van der Waals surface area contributed by atoms with E-state index < -0.39 is 16.7 Å². The van der Waals surface area contributed by atoms with Crippen molar-refractivity contribution in [2.24, 2.45) is 0 Å². The minimum Gasteiger partial charge on any atom is -0.339 e. The number of rotatable bonds is 5. The summed E-state index contributed by atoms with van der Waals surface area (Å²) in [6.07, 6.45) is 0. The van der Waals surface area contributed by atoms with Gasteiger partial charge >= 0.3 is 0 Å². The summed E-state index contributed by atoms with van der Waals surface area (Å²) in [5.41, 5.74) is 1.97. The third-order valence-corrected chi connectivity index (χ3v) is 5.91. The highest BCUT2D eigenvalue weighted by atomic mass is 16.6. The van der Waals surface area contributed by atoms with Gasteiger partial charge < -0.3 is 4.90 Å². The van der Waals surface area contributed by atoms with Crippen molar-refractivity contribution >= 4 is 45.2 Å². The normalized spacial score (nSPS) is 13.6. The molecule has 0 saturated heterocycles. The standard InChI is InChI=1S/C27H19N3O4/c1-28(20-10-3-2-4-11-20)25-24(19-14-16-21(17-15-19)30(33)34)26(31)29(27(25)32)23-13-7-9-18-8-5-6-12-22(18)23/h2-17H,1H3. The lowest BCUT2D eigenvalue weighted by molar-refractivity contribution is -0.384. The van der Waals surface area contributed by atoms with Crippen LogP contribution in [0, 0.1) is 10.1 Å². The van der Waals surface area contributed by atoms with Crippen molar-refractivity contribution in [1.82, 2.24) is 0 Å². The van der Waals surface area contributed by atoms with Gasteiger partial charge in [0.2, 0.25) is 0 Å². The first-order valence-electron chi connectivity index (χ1n) is 10.6. The number of likely N-dealkylation sites (N-methyl/N-ethyl adjacent to an activating group) is 1. The van der Waals surface area contributed by atoms with Gasteiger partial charge in [-0.15, -0.1) is 0 Å². The van der Waals surface area contributed by atoms with Crippen molar-refractivity contribution < 1.29 is 14.5 Å². The van der Waals surface area contributed by atoms with Crippen molar-refractivity contribution in [2.45, 2.75) is 0 Å². The lowest BCUT2D eigenvalue weighted by Gasteiger charge is -2.22. The predicted molar refractivity (Wildman–Crippen MR) is 131 cm³/mol. The monoisotopic (exact) mass is 449 g/mol. The molecule has 0 saturated carbocycles. The maximum Gasteiger partial charge on any atom is 0.282 e. The lowest BCUT2D eigenvalue weighted by Crippen LogP contribution is -2.34. The Kier molecular flexibility index (Phi) is 5.14. The largest absolute Gasteiger partial charge is 0.339 e. The number of nitrogens with zero attached hydrogens (tertiary/aromatic N) is 3. The number of nitro benzene ring substituents is 1. The Hall–Kier alpha value is -4.78. The van der Waals surface area contributed by atoms with Crippen LogP contribution in [0.5, 0.6) is 0 Å². The van der Waals surface area contributed by atoms with Crippen molar-refractivity contribution in [3.05, 3.63) is 118 Å². The Bertz CT molecular complexity index is 1470. The van der Waals surface area contributed by atoms with Gasteiger partial charge in [-0.3, -0.25) is 19.7 Å². The number of non-ortho nitro benzene ring substituents is 1. The second kappa shape index (κ2) is 8.29. The first kappa shape index (κ1) is 21.1. The van der Waals surface area contributed by atoms with Crippen LogP contribution in [0.3, 0.4) is 0 Å². The highest BCUT2D eigenvalue weighted by Crippen LogP contribution is 2.38. The van der Waals surface area contributed by atoms with E-state index in [1.807, 2.05) is 66.7 Å². The fourth-order valence-corrected chi connectivity index (χ4v) is 4.24. The fourth-order valence-electron chi connectivity index (χ4n) is 4.24. The number of anilines is 2. The topological polar surface area (TPSA) is 83.8 Å². The zero-order valence-electron chi connectivity index (χ0n) is 18.2. The van der Waals surface area contributed by atoms with Gasteiger partial charge in [0.05, 0.1) is 16.2 Å². The Morgan fingerprint density at radius 3 is 2.12 bits per heavy atom. The molecule has 1 heterocycles. The third kappa shape index (κ3) is 3.40. The quantitative estimate of drug-likeness (QED) is 0.238. The van der Waals surface area contributed by atoms with Crippen LogP contribution in [0.25, 0.3) is 16.3 Å². The maximum absolute atomic E-state index is 13.8. The zero-order chi connectivity index (χ0) is 23.8. The van der Waals surface area contributed by atoms with Crippen LogP contribution >= 0.6 is 0 Å². The van der Waals surface area contributed by atoms with E-state index in [9.17, 15) is 19.7 Å². The summed E-state index contributed by atoms with van der Waals surface area (Å²) in [6, 6.07) is 28.0. The Morgan fingerprint density at radius 1 is 0.765 bits per heavy atom. The van der Waals surface area contributed by atoms with E-state index >= 15 is 0 Å². The van der Waals surface area contributed by atoms with Gasteiger partial charge in [-0.25, -0.2) is 4.90 Å². The molecule has 166 valence electrons. The van der Waals surface area contributed by atoms with E-state index in [-0.39, 0.29) is 17.0 Å². The van der Waals surface area contributed by atoms with Gasteiger partial charge in [-0.05, 0) is 41.3 Å². The molecule has 0 radical (unpaired) electrons. The summed E-state index contributed by atoms with van der Waals surface area (Å²) in [4.78, 5) is 41.1. The van der Waals surface area contributed by atoms with Crippen molar-refractivity contribution in [2.75, 3.05) is 16.8 Å². The van der Waals surface area contributed by atoms with Crippen LogP contribution < -0.4 is 9.80 Å². The number of carbonyl (C=O) groups excluding carboxylic acids is 2. The number of hydrogen-bond donors (Lipinski definition) is 0. The van der Waals surface area contributed by atoms with Gasteiger partial charge in [0.25, 0.3) is 17.5 Å². The van der Waals surface area contributed by atoms with Crippen LogP contribution in [0.1, 0.15) is 5.56 Å². The van der Waals surface area contributed by atoms with Gasteiger partial charge in [-0.2, -0.15) is 0 Å². The van der Waals surface area contributed by atoms with Gasteiger partial charge in [0.1, 0.15) is 5.70 Å². The molecule has 0 N–H and O–H groups in total. The Morgan fingerprint density at radius 2 is 1.41 bits per heavy atom. The molecule has 0 aliphatic carbocycles. The number of nitro groups is 1. The summed E-state index contributed by atoms with van der Waals surface area (Å²) in [5, 5.41) is 12.8. The van der Waals surface area contributed by atoms with Crippen LogP contribution in [-0.4, -0.2) is 23.8 Å². The second-order valence-electron chi connectivity index (χ2n) is 7.87. The summed E-state index contributed by atoms with van der Waals surface area (Å²) in [6.45, 7) is 0. The van der Waals surface area contributed by atoms with E-state index in [0.29, 0.717) is 11.3 Å². The first-order valence-corrected chi connectivity index (χ1v) is 10.6. The number of benzene rings is 4. The fraction of sp³-hybridized carbons (Fsp3) is 0.0370. The number of hydrogen-bond acceptors (Lipinski definition) is 5. The SMILES string of the molecule is CN(C1=C(c2ccc([N+](=O)[O-])cc2)C(=O)N(c2cccc3ccccc23)C1=O)c1ccccc1. The smallest absolute Gasteiger partial charge is 0.282 e. The molecule has 34 heavy (non-hydrogen) atoms.